The summed E-state index contributed by atoms with van der Waals surface area (Å²) < 4.78 is 43.2. The summed E-state index contributed by atoms with van der Waals surface area (Å²) in [6.45, 7) is -0.580. The van der Waals surface area contributed by atoms with E-state index in [2.05, 4.69) is 20.5 Å². The van der Waals surface area contributed by atoms with Crippen molar-refractivity contribution in [2.24, 2.45) is 7.05 Å². The van der Waals surface area contributed by atoms with Crippen LogP contribution in [0.25, 0.3) is 5.65 Å². The zero-order valence-corrected chi connectivity index (χ0v) is 14.0. The van der Waals surface area contributed by atoms with Crippen LogP contribution in [0, 0.1) is 0 Å². The van der Waals surface area contributed by atoms with Crippen LogP contribution in [0.15, 0.2) is 24.7 Å². The van der Waals surface area contributed by atoms with Gasteiger partial charge < -0.3 is 5.32 Å². The topological polar surface area (TPSA) is 80.4 Å². The molecule has 136 valence electrons. The van der Waals surface area contributed by atoms with E-state index in [9.17, 15) is 18.0 Å². The smallest absolute Gasteiger partial charge is 0.305 e. The van der Waals surface area contributed by atoms with Crippen molar-refractivity contribution >= 4 is 34.7 Å². The van der Waals surface area contributed by atoms with Crippen molar-refractivity contribution in [3.63, 3.8) is 0 Å². The lowest BCUT2D eigenvalue weighted by Gasteiger charge is -2.18. The van der Waals surface area contributed by atoms with Gasteiger partial charge >= 0.3 is 12.2 Å². The molecule has 0 saturated heterocycles. The van der Waals surface area contributed by atoms with E-state index in [1.54, 1.807) is 7.05 Å². The Bertz CT molecular complexity index is 1010. The summed E-state index contributed by atoms with van der Waals surface area (Å²) in [7, 11) is 1.66. The molecule has 8 nitrogen and oxygen atoms in total. The summed E-state index contributed by atoms with van der Waals surface area (Å²) in [5.74, 6) is -1.90. The van der Waals surface area contributed by atoms with Crippen molar-refractivity contribution in [1.29, 1.82) is 0 Å². The van der Waals surface area contributed by atoms with Gasteiger partial charge in [-0.3, -0.25) is 9.58 Å². The highest BCUT2D eigenvalue weighted by molar-refractivity contribution is 6.29. The van der Waals surface area contributed by atoms with E-state index in [-0.39, 0.29) is 22.2 Å². The number of anilines is 2. The molecule has 0 saturated carbocycles. The van der Waals surface area contributed by atoms with Gasteiger partial charge in [0.25, 0.3) is 0 Å². The van der Waals surface area contributed by atoms with Gasteiger partial charge in [0.05, 0.1) is 29.5 Å². The van der Waals surface area contributed by atoms with Crippen LogP contribution in [-0.2, 0) is 7.05 Å². The third-order valence-corrected chi connectivity index (χ3v) is 4.24. The van der Waals surface area contributed by atoms with Gasteiger partial charge in [-0.1, -0.05) is 11.6 Å². The standard InChI is InChI=1S/C14H11ClF3N7O/c1-23-5-7(3-20-23)21-13(26)24-6-8(14(16,17)18)12-9(24)4-19-11-2-10(15)22-25(11)12/h2-5,8H,6H2,1H3,(H,21,26). The summed E-state index contributed by atoms with van der Waals surface area (Å²) in [6, 6.07) is 0.638. The van der Waals surface area contributed by atoms with Gasteiger partial charge in [-0.15, -0.1) is 0 Å². The number of aromatic nitrogens is 5. The first kappa shape index (κ1) is 16.6. The predicted octanol–water partition coefficient (Wildman–Crippen LogP) is 2.81. The first-order valence-electron chi connectivity index (χ1n) is 7.42. The van der Waals surface area contributed by atoms with Crippen LogP contribution in [0.1, 0.15) is 11.6 Å². The fourth-order valence-electron chi connectivity index (χ4n) is 2.94. The monoisotopic (exact) mass is 385 g/mol. The molecule has 1 atom stereocenters. The number of alkyl halides is 3. The molecule has 0 aromatic carbocycles. The second-order valence-electron chi connectivity index (χ2n) is 5.80. The third kappa shape index (κ3) is 2.64. The molecule has 26 heavy (non-hydrogen) atoms. The minimum Gasteiger partial charge on any atom is -0.305 e. The number of aryl methyl sites for hydroxylation is 1. The van der Waals surface area contributed by atoms with E-state index in [0.717, 1.165) is 9.42 Å². The van der Waals surface area contributed by atoms with Gasteiger partial charge in [0.15, 0.2) is 10.8 Å². The summed E-state index contributed by atoms with van der Waals surface area (Å²) in [4.78, 5) is 17.6. The van der Waals surface area contributed by atoms with Gasteiger partial charge in [-0.05, 0) is 0 Å². The van der Waals surface area contributed by atoms with Crippen molar-refractivity contribution in [1.82, 2.24) is 24.4 Å². The molecule has 1 aliphatic rings. The van der Waals surface area contributed by atoms with E-state index in [0.29, 0.717) is 5.69 Å². The lowest BCUT2D eigenvalue weighted by Crippen LogP contribution is -2.36. The molecular formula is C14H11ClF3N7O. The maximum absolute atomic E-state index is 13.6. The SMILES string of the molecule is Cn1cc(NC(=O)N2CC(C(F)(F)F)c3c2cnc2cc(Cl)nn32)cn1. The summed E-state index contributed by atoms with van der Waals surface area (Å²) >= 11 is 5.80. The fraction of sp³-hybridized carbons (Fsp3) is 0.286. The Morgan fingerprint density at radius 2 is 2.15 bits per heavy atom. The van der Waals surface area contributed by atoms with Crippen LogP contribution < -0.4 is 10.2 Å². The Balaban J connectivity index is 1.77. The molecule has 4 heterocycles. The van der Waals surface area contributed by atoms with E-state index in [1.807, 2.05) is 0 Å². The highest BCUT2D eigenvalue weighted by Gasteiger charge is 2.50. The number of nitrogens with zero attached hydrogens (tertiary/aromatic N) is 6. The number of rotatable bonds is 1. The van der Waals surface area contributed by atoms with Crippen molar-refractivity contribution < 1.29 is 18.0 Å². The molecular weight excluding hydrogens is 375 g/mol. The van der Waals surface area contributed by atoms with Gasteiger partial charge in [0.1, 0.15) is 5.92 Å². The number of halogens is 4. The second kappa shape index (κ2) is 5.59. The minimum atomic E-state index is -4.56. The molecule has 3 aromatic heterocycles. The van der Waals surface area contributed by atoms with Gasteiger partial charge in [-0.2, -0.15) is 23.4 Å². The van der Waals surface area contributed by atoms with Crippen molar-refractivity contribution in [2.45, 2.75) is 12.1 Å². The molecule has 1 unspecified atom stereocenters. The van der Waals surface area contributed by atoms with E-state index >= 15 is 0 Å². The second-order valence-corrected chi connectivity index (χ2v) is 6.19. The maximum Gasteiger partial charge on any atom is 0.399 e. The lowest BCUT2D eigenvalue weighted by molar-refractivity contribution is -0.147. The predicted molar refractivity (Wildman–Crippen MR) is 86.4 cm³/mol. The first-order chi connectivity index (χ1) is 12.2. The first-order valence-corrected chi connectivity index (χ1v) is 7.80. The highest BCUT2D eigenvalue weighted by atomic mass is 35.5. The number of nitrogens with one attached hydrogen (secondary N) is 1. The van der Waals surface area contributed by atoms with Crippen LogP contribution in [-0.4, -0.2) is 43.1 Å². The van der Waals surface area contributed by atoms with Crippen LogP contribution in [0.5, 0.6) is 0 Å². The van der Waals surface area contributed by atoms with Crippen LogP contribution in [0.2, 0.25) is 5.15 Å². The Labute approximate surface area is 149 Å². The van der Waals surface area contributed by atoms with Gasteiger partial charge in [0, 0.05) is 25.9 Å². The maximum atomic E-state index is 13.6. The number of fused-ring (bicyclic) bond motifs is 3. The summed E-state index contributed by atoms with van der Waals surface area (Å²) in [5.41, 5.74) is 0.403. The Morgan fingerprint density at radius 3 is 2.81 bits per heavy atom. The number of amides is 2. The van der Waals surface area contributed by atoms with Crippen LogP contribution in [0.3, 0.4) is 0 Å². The number of carbonyl (C=O) groups excluding carboxylic acids is 1. The zero-order chi connectivity index (χ0) is 18.6. The quantitative estimate of drug-likeness (QED) is 0.698. The normalized spacial score (nSPS) is 17.0. The molecule has 12 heteroatoms. The Hall–Kier alpha value is -2.82. The fourth-order valence-corrected chi connectivity index (χ4v) is 3.12. The molecule has 1 N–H and O–H groups in total. The molecule has 0 bridgehead atoms. The average Bonchev–Trinajstić information content (AvgIpc) is 3.21. The van der Waals surface area contributed by atoms with Crippen molar-refractivity contribution in [3.8, 4) is 0 Å². The van der Waals surface area contributed by atoms with E-state index < -0.39 is 24.7 Å². The number of urea groups is 1. The summed E-state index contributed by atoms with van der Waals surface area (Å²) in [6.07, 6.45) is -0.419. The molecule has 1 aliphatic heterocycles. The van der Waals surface area contributed by atoms with Gasteiger partial charge in [-0.25, -0.2) is 14.3 Å². The van der Waals surface area contributed by atoms with Crippen LogP contribution in [0.4, 0.5) is 29.3 Å². The molecule has 0 radical (unpaired) electrons. The van der Waals surface area contributed by atoms with Gasteiger partial charge in [0.2, 0.25) is 0 Å². The van der Waals surface area contributed by atoms with E-state index in [1.165, 1.54) is 29.3 Å². The number of carbonyl (C=O) groups is 1. The highest BCUT2D eigenvalue weighted by Crippen LogP contribution is 2.45. The minimum absolute atomic E-state index is 0.0186. The largest absolute Gasteiger partial charge is 0.399 e. The lowest BCUT2D eigenvalue weighted by atomic mass is 10.1. The third-order valence-electron chi connectivity index (χ3n) is 4.05. The van der Waals surface area contributed by atoms with E-state index in [4.69, 9.17) is 11.6 Å². The molecule has 2 amide bonds. The number of hydrogen-bond donors (Lipinski definition) is 1. The van der Waals surface area contributed by atoms with Crippen molar-refractivity contribution in [3.05, 3.63) is 35.5 Å². The Kier molecular flexibility index (Phi) is 3.58. The molecule has 0 aliphatic carbocycles. The molecule has 0 fully saturated rings. The zero-order valence-electron chi connectivity index (χ0n) is 13.2. The Morgan fingerprint density at radius 1 is 1.38 bits per heavy atom. The number of hydrogen-bond acceptors (Lipinski definition) is 4. The molecule has 4 rings (SSSR count). The van der Waals surface area contributed by atoms with Crippen LogP contribution >= 0.6 is 11.6 Å². The summed E-state index contributed by atoms with van der Waals surface area (Å²) in [5, 5.41) is 10.3. The molecule has 3 aromatic rings. The average molecular weight is 386 g/mol. The van der Waals surface area contributed by atoms with Crippen molar-refractivity contribution in [2.75, 3.05) is 16.8 Å². The molecule has 0 spiro atoms.